The van der Waals surface area contributed by atoms with Crippen LogP contribution in [-0.4, -0.2) is 29.9 Å². The standard InChI is InChI=1S/C16H25NO2/c1-13-5-7-15(8-6-13)19-11-14(2)17-12-16(18)9-3-4-10-16/h5-8,14,17-18H,3-4,9-12H2,1-2H3. The summed E-state index contributed by atoms with van der Waals surface area (Å²) in [5.74, 6) is 0.902. The molecule has 0 aliphatic heterocycles. The van der Waals surface area contributed by atoms with Gasteiger partial charge in [-0.1, -0.05) is 30.5 Å². The van der Waals surface area contributed by atoms with Gasteiger partial charge in [0.1, 0.15) is 12.4 Å². The van der Waals surface area contributed by atoms with Crippen LogP contribution in [-0.2, 0) is 0 Å². The van der Waals surface area contributed by atoms with Crippen molar-refractivity contribution in [3.8, 4) is 5.75 Å². The van der Waals surface area contributed by atoms with Gasteiger partial charge in [0.05, 0.1) is 5.60 Å². The van der Waals surface area contributed by atoms with E-state index in [-0.39, 0.29) is 6.04 Å². The summed E-state index contributed by atoms with van der Waals surface area (Å²) >= 11 is 0. The van der Waals surface area contributed by atoms with Gasteiger partial charge in [0, 0.05) is 12.6 Å². The molecular formula is C16H25NO2. The lowest BCUT2D eigenvalue weighted by atomic mass is 10.0. The lowest BCUT2D eigenvalue weighted by Gasteiger charge is -2.25. The zero-order valence-electron chi connectivity index (χ0n) is 12.0. The van der Waals surface area contributed by atoms with Crippen molar-refractivity contribution >= 4 is 0 Å². The van der Waals surface area contributed by atoms with Crippen molar-refractivity contribution in [2.45, 2.75) is 51.2 Å². The second-order valence-corrected chi connectivity index (χ2v) is 5.84. The molecule has 2 rings (SSSR count). The monoisotopic (exact) mass is 263 g/mol. The van der Waals surface area contributed by atoms with Gasteiger partial charge in [0.25, 0.3) is 0 Å². The Labute approximate surface area is 116 Å². The summed E-state index contributed by atoms with van der Waals surface area (Å²) in [6.07, 6.45) is 4.13. The van der Waals surface area contributed by atoms with Crippen molar-refractivity contribution in [3.63, 3.8) is 0 Å². The van der Waals surface area contributed by atoms with Gasteiger partial charge in [-0.05, 0) is 38.8 Å². The maximum absolute atomic E-state index is 10.3. The van der Waals surface area contributed by atoms with Crippen LogP contribution in [0.4, 0.5) is 0 Å². The number of hydrogen-bond donors (Lipinski definition) is 2. The molecule has 0 spiro atoms. The van der Waals surface area contributed by atoms with E-state index in [9.17, 15) is 5.11 Å². The van der Waals surface area contributed by atoms with Crippen molar-refractivity contribution in [3.05, 3.63) is 29.8 Å². The number of hydrogen-bond acceptors (Lipinski definition) is 3. The van der Waals surface area contributed by atoms with Crippen molar-refractivity contribution in [1.29, 1.82) is 0 Å². The van der Waals surface area contributed by atoms with Gasteiger partial charge in [-0.2, -0.15) is 0 Å². The lowest BCUT2D eigenvalue weighted by molar-refractivity contribution is 0.0436. The number of nitrogens with one attached hydrogen (secondary N) is 1. The Hall–Kier alpha value is -1.06. The number of rotatable bonds is 6. The minimum atomic E-state index is -0.488. The molecular weight excluding hydrogens is 238 g/mol. The summed E-state index contributed by atoms with van der Waals surface area (Å²) in [5.41, 5.74) is 0.750. The van der Waals surface area contributed by atoms with Crippen LogP contribution < -0.4 is 10.1 Å². The van der Waals surface area contributed by atoms with Crippen LogP contribution in [0.3, 0.4) is 0 Å². The van der Waals surface area contributed by atoms with Gasteiger partial charge in [0.15, 0.2) is 0 Å². The lowest BCUT2D eigenvalue weighted by Crippen LogP contribution is -2.43. The fourth-order valence-corrected chi connectivity index (χ4v) is 2.49. The molecule has 1 unspecified atom stereocenters. The fourth-order valence-electron chi connectivity index (χ4n) is 2.49. The molecule has 2 N–H and O–H groups in total. The second-order valence-electron chi connectivity index (χ2n) is 5.84. The smallest absolute Gasteiger partial charge is 0.119 e. The number of aliphatic hydroxyl groups is 1. The molecule has 0 radical (unpaired) electrons. The predicted molar refractivity (Wildman–Crippen MR) is 77.6 cm³/mol. The zero-order chi connectivity index (χ0) is 13.7. The fraction of sp³-hybridized carbons (Fsp3) is 0.625. The molecule has 1 atom stereocenters. The Morgan fingerprint density at radius 1 is 1.26 bits per heavy atom. The molecule has 0 bridgehead atoms. The van der Waals surface area contributed by atoms with Gasteiger partial charge in [-0.3, -0.25) is 0 Å². The molecule has 3 heteroatoms. The summed E-state index contributed by atoms with van der Waals surface area (Å²) in [4.78, 5) is 0. The molecule has 106 valence electrons. The third kappa shape index (κ3) is 4.51. The molecule has 1 saturated carbocycles. The van der Waals surface area contributed by atoms with E-state index in [4.69, 9.17) is 4.74 Å². The Bertz CT molecular complexity index is 382. The maximum atomic E-state index is 10.3. The molecule has 0 amide bonds. The molecule has 1 fully saturated rings. The van der Waals surface area contributed by atoms with E-state index in [1.54, 1.807) is 0 Å². The Balaban J connectivity index is 1.69. The van der Waals surface area contributed by atoms with E-state index in [2.05, 4.69) is 31.3 Å². The van der Waals surface area contributed by atoms with E-state index in [0.717, 1.165) is 31.4 Å². The van der Waals surface area contributed by atoms with Crippen LogP contribution in [0.1, 0.15) is 38.2 Å². The van der Waals surface area contributed by atoms with E-state index in [1.807, 2.05) is 12.1 Å². The maximum Gasteiger partial charge on any atom is 0.119 e. The first kappa shape index (κ1) is 14.4. The van der Waals surface area contributed by atoms with Crippen LogP contribution in [0.5, 0.6) is 5.75 Å². The van der Waals surface area contributed by atoms with Crippen molar-refractivity contribution in [2.75, 3.05) is 13.2 Å². The number of aryl methyl sites for hydroxylation is 1. The van der Waals surface area contributed by atoms with Crippen LogP contribution >= 0.6 is 0 Å². The molecule has 3 nitrogen and oxygen atoms in total. The molecule has 0 saturated heterocycles. The normalized spacial score (nSPS) is 19.3. The van der Waals surface area contributed by atoms with Crippen LogP contribution in [0, 0.1) is 6.92 Å². The largest absolute Gasteiger partial charge is 0.492 e. The Kier molecular flexibility index (Phi) is 4.83. The van der Waals surface area contributed by atoms with Crippen LogP contribution in [0.2, 0.25) is 0 Å². The highest BCUT2D eigenvalue weighted by Crippen LogP contribution is 2.28. The summed E-state index contributed by atoms with van der Waals surface area (Å²) in [6.45, 7) is 5.45. The molecule has 1 aliphatic carbocycles. The molecule has 1 aromatic carbocycles. The zero-order valence-corrected chi connectivity index (χ0v) is 12.0. The molecule has 0 aromatic heterocycles. The molecule has 19 heavy (non-hydrogen) atoms. The second kappa shape index (κ2) is 6.40. The van der Waals surface area contributed by atoms with Crippen LogP contribution in [0.25, 0.3) is 0 Å². The SMILES string of the molecule is Cc1ccc(OCC(C)NCC2(O)CCCC2)cc1. The summed E-state index contributed by atoms with van der Waals surface area (Å²) in [5, 5.41) is 13.6. The van der Waals surface area contributed by atoms with E-state index in [0.29, 0.717) is 13.2 Å². The van der Waals surface area contributed by atoms with Gasteiger partial charge in [-0.25, -0.2) is 0 Å². The van der Waals surface area contributed by atoms with Crippen molar-refractivity contribution in [2.24, 2.45) is 0 Å². The molecule has 1 aromatic rings. The number of benzene rings is 1. The van der Waals surface area contributed by atoms with Gasteiger partial charge >= 0.3 is 0 Å². The minimum absolute atomic E-state index is 0.242. The minimum Gasteiger partial charge on any atom is -0.492 e. The van der Waals surface area contributed by atoms with Gasteiger partial charge in [-0.15, -0.1) is 0 Å². The Morgan fingerprint density at radius 3 is 2.53 bits per heavy atom. The molecule has 0 heterocycles. The predicted octanol–water partition coefficient (Wildman–Crippen LogP) is 2.66. The van der Waals surface area contributed by atoms with Crippen molar-refractivity contribution in [1.82, 2.24) is 5.32 Å². The van der Waals surface area contributed by atoms with E-state index < -0.39 is 5.60 Å². The number of ether oxygens (including phenoxy) is 1. The van der Waals surface area contributed by atoms with E-state index >= 15 is 0 Å². The first-order valence-corrected chi connectivity index (χ1v) is 7.23. The Morgan fingerprint density at radius 2 is 1.89 bits per heavy atom. The highest BCUT2D eigenvalue weighted by atomic mass is 16.5. The van der Waals surface area contributed by atoms with Crippen molar-refractivity contribution < 1.29 is 9.84 Å². The third-order valence-electron chi connectivity index (χ3n) is 3.83. The average Bonchev–Trinajstić information content (AvgIpc) is 2.83. The van der Waals surface area contributed by atoms with Gasteiger partial charge < -0.3 is 15.2 Å². The highest BCUT2D eigenvalue weighted by Gasteiger charge is 2.30. The van der Waals surface area contributed by atoms with E-state index in [1.165, 1.54) is 5.56 Å². The first-order valence-electron chi connectivity index (χ1n) is 7.23. The highest BCUT2D eigenvalue weighted by molar-refractivity contribution is 5.26. The van der Waals surface area contributed by atoms with Crippen LogP contribution in [0.15, 0.2) is 24.3 Å². The summed E-state index contributed by atoms with van der Waals surface area (Å²) in [7, 11) is 0. The summed E-state index contributed by atoms with van der Waals surface area (Å²) in [6, 6.07) is 8.33. The molecule has 1 aliphatic rings. The quantitative estimate of drug-likeness (QED) is 0.829. The van der Waals surface area contributed by atoms with Gasteiger partial charge in [0.2, 0.25) is 0 Å². The average molecular weight is 263 g/mol. The third-order valence-corrected chi connectivity index (χ3v) is 3.83. The summed E-state index contributed by atoms with van der Waals surface area (Å²) < 4.78 is 5.73. The topological polar surface area (TPSA) is 41.5 Å². The first-order chi connectivity index (χ1) is 9.07.